The molecule has 0 bridgehead atoms. The highest BCUT2D eigenvalue weighted by atomic mass is 79.9. The maximum atomic E-state index is 5.74. The summed E-state index contributed by atoms with van der Waals surface area (Å²) in [5, 5.41) is 0. The van der Waals surface area contributed by atoms with Gasteiger partial charge in [-0.15, -0.1) is 11.6 Å². The van der Waals surface area contributed by atoms with Gasteiger partial charge in [0.15, 0.2) is 0 Å². The van der Waals surface area contributed by atoms with Crippen LogP contribution in [0.5, 0.6) is 0 Å². The van der Waals surface area contributed by atoms with Gasteiger partial charge in [0.25, 0.3) is 0 Å². The Morgan fingerprint density at radius 1 is 1.44 bits per heavy atom. The van der Waals surface area contributed by atoms with E-state index in [2.05, 4.69) is 55.6 Å². The smallest absolute Gasteiger partial charge is 0.143 e. The number of aromatic nitrogens is 1. The maximum Gasteiger partial charge on any atom is 0.143 e. The second kappa shape index (κ2) is 6.82. The van der Waals surface area contributed by atoms with Crippen molar-refractivity contribution in [3.05, 3.63) is 21.2 Å². The van der Waals surface area contributed by atoms with E-state index >= 15 is 0 Å². The second-order valence-corrected chi connectivity index (χ2v) is 5.94. The van der Waals surface area contributed by atoms with Crippen LogP contribution in [0, 0.1) is 0 Å². The van der Waals surface area contributed by atoms with Gasteiger partial charge in [0.1, 0.15) is 5.82 Å². The fourth-order valence-corrected chi connectivity index (χ4v) is 2.79. The van der Waals surface area contributed by atoms with Crippen LogP contribution in [0.1, 0.15) is 20.3 Å². The molecule has 90 valence electrons. The first-order valence-electron chi connectivity index (χ1n) is 5.20. The molecule has 0 aliphatic heterocycles. The van der Waals surface area contributed by atoms with Gasteiger partial charge in [-0.2, -0.15) is 0 Å². The lowest BCUT2D eigenvalue weighted by atomic mass is 10.3. The number of alkyl halides is 1. The molecule has 0 amide bonds. The summed E-state index contributed by atoms with van der Waals surface area (Å²) < 4.78 is 1.98. The molecule has 0 aliphatic rings. The summed E-state index contributed by atoms with van der Waals surface area (Å²) in [6.07, 6.45) is 2.78. The number of anilines is 1. The summed E-state index contributed by atoms with van der Waals surface area (Å²) in [6, 6.07) is 2.42. The fourth-order valence-electron chi connectivity index (χ4n) is 1.46. The maximum absolute atomic E-state index is 5.74. The number of pyridine rings is 1. The fraction of sp³-hybridized carbons (Fsp3) is 0.545. The van der Waals surface area contributed by atoms with Gasteiger partial charge in [0, 0.05) is 29.1 Å². The van der Waals surface area contributed by atoms with Crippen LogP contribution in [0.2, 0.25) is 0 Å². The Morgan fingerprint density at radius 3 is 2.62 bits per heavy atom. The first-order chi connectivity index (χ1) is 7.56. The zero-order valence-electron chi connectivity index (χ0n) is 9.38. The van der Waals surface area contributed by atoms with Crippen molar-refractivity contribution in [1.82, 2.24) is 4.98 Å². The average molecular weight is 371 g/mol. The molecule has 5 heteroatoms. The molecular weight excluding hydrogens is 355 g/mol. The lowest BCUT2D eigenvalue weighted by Gasteiger charge is -2.28. The number of hydrogen-bond donors (Lipinski definition) is 0. The van der Waals surface area contributed by atoms with Crippen LogP contribution in [0.25, 0.3) is 0 Å². The van der Waals surface area contributed by atoms with E-state index in [0.717, 1.165) is 27.7 Å². The minimum atomic E-state index is 0.410. The molecule has 0 saturated carbocycles. The topological polar surface area (TPSA) is 16.1 Å². The lowest BCUT2D eigenvalue weighted by molar-refractivity contribution is 0.662. The van der Waals surface area contributed by atoms with Gasteiger partial charge in [-0.25, -0.2) is 4.98 Å². The third-order valence-corrected chi connectivity index (χ3v) is 3.50. The Kier molecular flexibility index (Phi) is 6.08. The van der Waals surface area contributed by atoms with Crippen LogP contribution in [0.3, 0.4) is 0 Å². The molecule has 1 aromatic heterocycles. The minimum absolute atomic E-state index is 0.410. The van der Waals surface area contributed by atoms with Crippen LogP contribution < -0.4 is 4.90 Å². The van der Waals surface area contributed by atoms with E-state index in [9.17, 15) is 0 Å². The second-order valence-electron chi connectivity index (χ2n) is 3.79. The van der Waals surface area contributed by atoms with E-state index in [4.69, 9.17) is 11.6 Å². The highest BCUT2D eigenvalue weighted by Crippen LogP contribution is 2.28. The van der Waals surface area contributed by atoms with E-state index in [0.29, 0.717) is 11.9 Å². The van der Waals surface area contributed by atoms with E-state index in [1.165, 1.54) is 0 Å². The van der Waals surface area contributed by atoms with Crippen molar-refractivity contribution in [3.63, 3.8) is 0 Å². The molecular formula is C11H15Br2ClN2. The van der Waals surface area contributed by atoms with Gasteiger partial charge in [0.05, 0.1) is 4.47 Å². The summed E-state index contributed by atoms with van der Waals surface area (Å²) in [5.41, 5.74) is 0. The predicted molar refractivity (Wildman–Crippen MR) is 77.5 cm³/mol. The Hall–Kier alpha value is 0.200. The van der Waals surface area contributed by atoms with Gasteiger partial charge in [0.2, 0.25) is 0 Å². The van der Waals surface area contributed by atoms with Gasteiger partial charge in [-0.3, -0.25) is 0 Å². The summed E-state index contributed by atoms with van der Waals surface area (Å²) in [4.78, 5) is 6.69. The van der Waals surface area contributed by atoms with Gasteiger partial charge >= 0.3 is 0 Å². The predicted octanol–water partition coefficient (Wildman–Crippen LogP) is 4.45. The molecule has 0 spiro atoms. The zero-order chi connectivity index (χ0) is 12.1. The van der Waals surface area contributed by atoms with Crippen LogP contribution in [0.15, 0.2) is 21.2 Å². The molecule has 0 fully saturated rings. The molecule has 0 atom stereocenters. The van der Waals surface area contributed by atoms with Gasteiger partial charge in [-0.05, 0) is 58.2 Å². The van der Waals surface area contributed by atoms with Crippen molar-refractivity contribution in [2.45, 2.75) is 26.3 Å². The molecule has 0 aliphatic carbocycles. The van der Waals surface area contributed by atoms with Crippen LogP contribution in [0.4, 0.5) is 5.82 Å². The van der Waals surface area contributed by atoms with E-state index in [1.807, 2.05) is 12.3 Å². The highest BCUT2D eigenvalue weighted by Gasteiger charge is 2.14. The largest absolute Gasteiger partial charge is 0.353 e. The molecule has 0 N–H and O–H groups in total. The van der Waals surface area contributed by atoms with Crippen molar-refractivity contribution in [2.24, 2.45) is 0 Å². The molecule has 1 rings (SSSR count). The molecule has 0 radical (unpaired) electrons. The van der Waals surface area contributed by atoms with Crippen LogP contribution in [-0.4, -0.2) is 23.5 Å². The van der Waals surface area contributed by atoms with E-state index < -0.39 is 0 Å². The van der Waals surface area contributed by atoms with Crippen LogP contribution >= 0.6 is 43.5 Å². The number of nitrogens with zero attached hydrogens (tertiary/aromatic N) is 2. The number of halogens is 3. The monoisotopic (exact) mass is 368 g/mol. The van der Waals surface area contributed by atoms with E-state index in [1.54, 1.807) is 0 Å². The van der Waals surface area contributed by atoms with E-state index in [-0.39, 0.29) is 0 Å². The highest BCUT2D eigenvalue weighted by molar-refractivity contribution is 9.11. The van der Waals surface area contributed by atoms with Crippen molar-refractivity contribution in [3.8, 4) is 0 Å². The van der Waals surface area contributed by atoms with Crippen molar-refractivity contribution in [1.29, 1.82) is 0 Å². The Bertz CT molecular complexity index is 345. The third kappa shape index (κ3) is 3.90. The molecule has 2 nitrogen and oxygen atoms in total. The Labute approximate surface area is 119 Å². The number of hydrogen-bond acceptors (Lipinski definition) is 2. The average Bonchev–Trinajstić information content (AvgIpc) is 2.20. The summed E-state index contributed by atoms with van der Waals surface area (Å²) >= 11 is 12.7. The third-order valence-electron chi connectivity index (χ3n) is 2.22. The molecule has 0 saturated heterocycles. The van der Waals surface area contributed by atoms with Gasteiger partial charge < -0.3 is 4.90 Å². The van der Waals surface area contributed by atoms with Crippen LogP contribution in [-0.2, 0) is 0 Å². The number of rotatable bonds is 5. The first kappa shape index (κ1) is 14.3. The SMILES string of the molecule is CC(C)N(CCCCl)c1ncc(Br)cc1Br. The quantitative estimate of drug-likeness (QED) is 0.712. The normalized spacial score (nSPS) is 10.9. The van der Waals surface area contributed by atoms with Crippen molar-refractivity contribution < 1.29 is 0 Å². The lowest BCUT2D eigenvalue weighted by Crippen LogP contribution is -2.33. The standard InChI is InChI=1S/C11H15Br2ClN2/c1-8(2)16(5-3-4-14)11-10(13)6-9(12)7-15-11/h6-8H,3-5H2,1-2H3. The summed E-state index contributed by atoms with van der Waals surface area (Å²) in [6.45, 7) is 5.24. The van der Waals surface area contributed by atoms with Gasteiger partial charge in [-0.1, -0.05) is 0 Å². The zero-order valence-corrected chi connectivity index (χ0v) is 13.3. The minimum Gasteiger partial charge on any atom is -0.353 e. The summed E-state index contributed by atoms with van der Waals surface area (Å²) in [5.74, 6) is 1.65. The molecule has 16 heavy (non-hydrogen) atoms. The first-order valence-corrected chi connectivity index (χ1v) is 7.32. The molecule has 1 aromatic rings. The molecule has 0 unspecified atom stereocenters. The Morgan fingerprint density at radius 2 is 2.12 bits per heavy atom. The van der Waals surface area contributed by atoms with Crippen molar-refractivity contribution >= 4 is 49.3 Å². The Balaban J connectivity index is 2.92. The summed E-state index contributed by atoms with van der Waals surface area (Å²) in [7, 11) is 0. The molecule has 0 aromatic carbocycles. The van der Waals surface area contributed by atoms with Crippen molar-refractivity contribution in [2.75, 3.05) is 17.3 Å². The molecule has 1 heterocycles.